The van der Waals surface area contributed by atoms with E-state index in [4.69, 9.17) is 27.5 Å². The zero-order valence-corrected chi connectivity index (χ0v) is 12.1. The largest absolute Gasteiger partial charge is 0.451 e. The Balaban J connectivity index is 2.36. The van der Waals surface area contributed by atoms with Crippen LogP contribution in [0.4, 0.5) is 4.79 Å². The molecule has 21 heavy (non-hydrogen) atoms. The molecule has 1 aromatic carbocycles. The lowest BCUT2D eigenvalue weighted by molar-refractivity contribution is 0.0851. The van der Waals surface area contributed by atoms with Gasteiger partial charge in [0, 0.05) is 5.56 Å². The molecule has 2 rings (SSSR count). The van der Waals surface area contributed by atoms with Crippen LogP contribution in [0.2, 0.25) is 5.02 Å². The number of imide groups is 1. The van der Waals surface area contributed by atoms with E-state index in [0.717, 1.165) is 0 Å². The number of halogens is 1. The Labute approximate surface area is 130 Å². The van der Waals surface area contributed by atoms with E-state index in [1.165, 1.54) is 6.07 Å². The van der Waals surface area contributed by atoms with Crippen molar-refractivity contribution in [2.24, 2.45) is 11.5 Å². The molecule has 4 N–H and O–H groups in total. The van der Waals surface area contributed by atoms with E-state index in [-0.39, 0.29) is 5.76 Å². The summed E-state index contributed by atoms with van der Waals surface area (Å²) in [6.45, 7) is 0. The lowest BCUT2D eigenvalue weighted by atomic mass is 10.2. The Hall–Kier alpha value is -2.38. The molecule has 108 valence electrons. The number of thiocarbonyl (C=S) groups is 1. The third-order valence-electron chi connectivity index (χ3n) is 2.60. The van der Waals surface area contributed by atoms with Gasteiger partial charge < -0.3 is 15.9 Å². The second kappa shape index (κ2) is 5.94. The van der Waals surface area contributed by atoms with Gasteiger partial charge in [-0.25, -0.2) is 9.69 Å². The predicted octanol–water partition coefficient (Wildman–Crippen LogP) is 2.36. The van der Waals surface area contributed by atoms with Gasteiger partial charge in [0.2, 0.25) is 0 Å². The number of urea groups is 1. The van der Waals surface area contributed by atoms with Crippen LogP contribution >= 0.6 is 23.8 Å². The molecule has 0 fully saturated rings. The number of rotatable bonds is 2. The number of hydrogen-bond donors (Lipinski definition) is 2. The summed E-state index contributed by atoms with van der Waals surface area (Å²) in [5.41, 5.74) is 11.0. The van der Waals surface area contributed by atoms with Crippen LogP contribution in [0.1, 0.15) is 10.6 Å². The molecule has 8 heteroatoms. The van der Waals surface area contributed by atoms with Crippen molar-refractivity contribution in [2.75, 3.05) is 0 Å². The third-order valence-corrected chi connectivity index (χ3v) is 3.11. The van der Waals surface area contributed by atoms with Crippen molar-refractivity contribution in [3.05, 3.63) is 47.2 Å². The molecule has 6 nitrogen and oxygen atoms in total. The molecule has 0 unspecified atom stereocenters. The van der Waals surface area contributed by atoms with Gasteiger partial charge in [-0.2, -0.15) is 0 Å². The smallest absolute Gasteiger partial charge is 0.328 e. The Kier molecular flexibility index (Phi) is 4.25. The molecule has 1 heterocycles. The normalized spacial score (nSPS) is 10.1. The highest BCUT2D eigenvalue weighted by Crippen LogP contribution is 2.29. The molecule has 0 aliphatic heterocycles. The van der Waals surface area contributed by atoms with Gasteiger partial charge in [0.25, 0.3) is 0 Å². The highest BCUT2D eigenvalue weighted by Gasteiger charge is 2.26. The van der Waals surface area contributed by atoms with Gasteiger partial charge in [-0.3, -0.25) is 4.79 Å². The molecule has 0 aliphatic rings. The van der Waals surface area contributed by atoms with Crippen LogP contribution in [-0.4, -0.2) is 22.0 Å². The minimum absolute atomic E-state index is 0.128. The first-order chi connectivity index (χ1) is 9.91. The summed E-state index contributed by atoms with van der Waals surface area (Å²) < 4.78 is 5.40. The number of hydrogen-bond acceptors (Lipinski definition) is 4. The van der Waals surface area contributed by atoms with E-state index in [9.17, 15) is 9.59 Å². The Bertz CT molecular complexity index is 715. The zero-order valence-electron chi connectivity index (χ0n) is 10.6. The van der Waals surface area contributed by atoms with Crippen LogP contribution in [0.25, 0.3) is 11.3 Å². The van der Waals surface area contributed by atoms with Crippen molar-refractivity contribution in [3.8, 4) is 11.3 Å². The summed E-state index contributed by atoms with van der Waals surface area (Å²) in [5, 5.41) is 0.00939. The predicted molar refractivity (Wildman–Crippen MR) is 81.7 cm³/mol. The van der Waals surface area contributed by atoms with Crippen molar-refractivity contribution in [1.82, 2.24) is 4.90 Å². The average molecular weight is 324 g/mol. The lowest BCUT2D eigenvalue weighted by Crippen LogP contribution is -2.47. The fraction of sp³-hybridized carbons (Fsp3) is 0. The van der Waals surface area contributed by atoms with Crippen LogP contribution in [0.5, 0.6) is 0 Å². The van der Waals surface area contributed by atoms with Gasteiger partial charge in [-0.05, 0) is 36.5 Å². The van der Waals surface area contributed by atoms with Crippen molar-refractivity contribution >= 4 is 40.9 Å². The fourth-order valence-corrected chi connectivity index (χ4v) is 2.08. The summed E-state index contributed by atoms with van der Waals surface area (Å²) in [6, 6.07) is 8.81. The maximum atomic E-state index is 12.1. The molecule has 0 aliphatic carbocycles. The molecule has 1 aromatic heterocycles. The quantitative estimate of drug-likeness (QED) is 0.826. The molecule has 3 amide bonds. The number of benzene rings is 1. The minimum atomic E-state index is -1.08. The lowest BCUT2D eigenvalue weighted by Gasteiger charge is -2.14. The molecule has 0 atom stereocenters. The van der Waals surface area contributed by atoms with Gasteiger partial charge in [0.1, 0.15) is 5.76 Å². The molecular formula is C13H10ClN3O3S. The van der Waals surface area contributed by atoms with Gasteiger partial charge in [-0.1, -0.05) is 23.7 Å². The van der Waals surface area contributed by atoms with Crippen LogP contribution in [0.15, 0.2) is 40.8 Å². The van der Waals surface area contributed by atoms with Crippen LogP contribution in [-0.2, 0) is 0 Å². The van der Waals surface area contributed by atoms with Crippen molar-refractivity contribution in [2.45, 2.75) is 0 Å². The van der Waals surface area contributed by atoms with Crippen LogP contribution in [0, 0.1) is 0 Å². The molecule has 0 bridgehead atoms. The first-order valence-electron chi connectivity index (χ1n) is 5.70. The fourth-order valence-electron chi connectivity index (χ4n) is 1.68. The first kappa shape index (κ1) is 15.0. The van der Waals surface area contributed by atoms with E-state index in [0.29, 0.717) is 21.2 Å². The first-order valence-corrected chi connectivity index (χ1v) is 6.48. The minimum Gasteiger partial charge on any atom is -0.451 e. The van der Waals surface area contributed by atoms with Crippen LogP contribution < -0.4 is 11.5 Å². The molecule has 0 saturated heterocycles. The number of carbonyl (C=O) groups excluding carboxylic acids is 2. The number of amides is 3. The van der Waals surface area contributed by atoms with Gasteiger partial charge >= 0.3 is 11.9 Å². The third kappa shape index (κ3) is 3.04. The van der Waals surface area contributed by atoms with E-state index in [1.807, 2.05) is 0 Å². The summed E-state index contributed by atoms with van der Waals surface area (Å²) in [7, 11) is 0. The van der Waals surface area contributed by atoms with E-state index in [1.54, 1.807) is 30.3 Å². The average Bonchev–Trinajstić information content (AvgIpc) is 2.87. The highest BCUT2D eigenvalue weighted by atomic mass is 35.5. The van der Waals surface area contributed by atoms with Crippen LogP contribution in [0.3, 0.4) is 0 Å². The van der Waals surface area contributed by atoms with Crippen molar-refractivity contribution < 1.29 is 14.0 Å². The van der Waals surface area contributed by atoms with E-state index >= 15 is 0 Å². The molecule has 0 saturated carbocycles. The number of carbonyl (C=O) groups is 2. The molecule has 0 spiro atoms. The molecule has 2 aromatic rings. The number of nitrogens with two attached hydrogens (primary N) is 2. The second-order valence-corrected chi connectivity index (χ2v) is 4.79. The second-order valence-electron chi connectivity index (χ2n) is 3.96. The van der Waals surface area contributed by atoms with Gasteiger partial charge in [0.15, 0.2) is 10.9 Å². The monoisotopic (exact) mass is 323 g/mol. The standard InChI is InChI=1S/C13H10ClN3O3S/c14-8-4-2-1-3-7(8)9-5-6-10(20-9)11(18)17(12(15)19)13(16)21/h1-6H,(H2,15,19)(H2,16,21). The highest BCUT2D eigenvalue weighted by molar-refractivity contribution is 7.80. The van der Waals surface area contributed by atoms with E-state index < -0.39 is 17.1 Å². The Morgan fingerprint density at radius 3 is 2.38 bits per heavy atom. The topological polar surface area (TPSA) is 103 Å². The molecule has 0 radical (unpaired) electrons. The maximum absolute atomic E-state index is 12.1. The maximum Gasteiger partial charge on any atom is 0.328 e. The summed E-state index contributed by atoms with van der Waals surface area (Å²) in [5.74, 6) is -0.596. The molecular weight excluding hydrogens is 314 g/mol. The van der Waals surface area contributed by atoms with Gasteiger partial charge in [-0.15, -0.1) is 0 Å². The van der Waals surface area contributed by atoms with E-state index in [2.05, 4.69) is 12.2 Å². The Morgan fingerprint density at radius 2 is 1.81 bits per heavy atom. The van der Waals surface area contributed by atoms with Gasteiger partial charge in [0.05, 0.1) is 5.02 Å². The SMILES string of the molecule is NC(=O)N(C(=O)c1ccc(-c2ccccc2Cl)o1)C(N)=S. The zero-order chi connectivity index (χ0) is 15.6. The summed E-state index contributed by atoms with van der Waals surface area (Å²) in [6.07, 6.45) is 0. The summed E-state index contributed by atoms with van der Waals surface area (Å²) >= 11 is 10.7. The number of primary amides is 1. The summed E-state index contributed by atoms with van der Waals surface area (Å²) in [4.78, 5) is 23.7. The van der Waals surface area contributed by atoms with Crippen molar-refractivity contribution in [1.29, 1.82) is 0 Å². The number of furan rings is 1. The van der Waals surface area contributed by atoms with Crippen molar-refractivity contribution in [3.63, 3.8) is 0 Å². The Morgan fingerprint density at radius 1 is 1.14 bits per heavy atom. The number of nitrogens with zero attached hydrogens (tertiary/aromatic N) is 1.